The van der Waals surface area contributed by atoms with Gasteiger partial charge in [0.15, 0.2) is 0 Å². The Bertz CT molecular complexity index is 600. The molecule has 1 aromatic heterocycles. The second-order valence-electron chi connectivity index (χ2n) is 5.42. The number of aromatic nitrogens is 1. The standard InChI is InChI=1S/C16H20N2O2/c19-8-6-12-5-7-18(10-12)16-9-13(11-20)17-15-4-2-1-3-14(15)16/h1-4,9,12,19-20H,5-8,10-11H2. The fourth-order valence-corrected chi connectivity index (χ4v) is 3.02. The Morgan fingerprint density at radius 3 is 2.90 bits per heavy atom. The van der Waals surface area contributed by atoms with Gasteiger partial charge in [-0.3, -0.25) is 4.98 Å². The molecular weight excluding hydrogens is 252 g/mol. The Kier molecular flexibility index (Phi) is 3.85. The topological polar surface area (TPSA) is 56.6 Å². The van der Waals surface area contributed by atoms with Crippen molar-refractivity contribution in [2.75, 3.05) is 24.6 Å². The van der Waals surface area contributed by atoms with Crippen LogP contribution in [0.2, 0.25) is 0 Å². The maximum Gasteiger partial charge on any atom is 0.0854 e. The Balaban J connectivity index is 1.98. The van der Waals surface area contributed by atoms with E-state index < -0.39 is 0 Å². The van der Waals surface area contributed by atoms with Gasteiger partial charge in [0, 0.05) is 30.8 Å². The summed E-state index contributed by atoms with van der Waals surface area (Å²) in [5.41, 5.74) is 2.80. The maximum atomic E-state index is 9.39. The lowest BCUT2D eigenvalue weighted by Crippen LogP contribution is -2.20. The lowest BCUT2D eigenvalue weighted by atomic mass is 10.1. The minimum Gasteiger partial charge on any atom is -0.396 e. The molecule has 0 saturated carbocycles. The van der Waals surface area contributed by atoms with E-state index in [2.05, 4.69) is 16.0 Å². The zero-order valence-electron chi connectivity index (χ0n) is 11.5. The number of nitrogens with zero attached hydrogens (tertiary/aromatic N) is 2. The fourth-order valence-electron chi connectivity index (χ4n) is 3.02. The van der Waals surface area contributed by atoms with E-state index in [1.807, 2.05) is 24.3 Å². The van der Waals surface area contributed by atoms with Gasteiger partial charge >= 0.3 is 0 Å². The van der Waals surface area contributed by atoms with E-state index in [1.54, 1.807) is 0 Å². The van der Waals surface area contributed by atoms with Crippen molar-refractivity contribution in [2.24, 2.45) is 5.92 Å². The van der Waals surface area contributed by atoms with Crippen LogP contribution in [0.3, 0.4) is 0 Å². The molecule has 1 unspecified atom stereocenters. The summed E-state index contributed by atoms with van der Waals surface area (Å²) in [7, 11) is 0. The lowest BCUT2D eigenvalue weighted by Gasteiger charge is -2.21. The van der Waals surface area contributed by atoms with Crippen LogP contribution in [0.4, 0.5) is 5.69 Å². The van der Waals surface area contributed by atoms with E-state index in [1.165, 1.54) is 0 Å². The van der Waals surface area contributed by atoms with Crippen LogP contribution in [0.5, 0.6) is 0 Å². The van der Waals surface area contributed by atoms with Crippen LogP contribution >= 0.6 is 0 Å². The molecule has 106 valence electrons. The molecule has 20 heavy (non-hydrogen) atoms. The summed E-state index contributed by atoms with van der Waals surface area (Å²) < 4.78 is 0. The normalized spacial score (nSPS) is 18.9. The summed E-state index contributed by atoms with van der Waals surface area (Å²) in [6, 6.07) is 10.0. The first-order valence-electron chi connectivity index (χ1n) is 7.17. The van der Waals surface area contributed by atoms with Gasteiger partial charge in [0.25, 0.3) is 0 Å². The number of fused-ring (bicyclic) bond motifs is 1. The number of pyridine rings is 1. The van der Waals surface area contributed by atoms with Crippen molar-refractivity contribution in [3.63, 3.8) is 0 Å². The third-order valence-electron chi connectivity index (χ3n) is 4.07. The predicted octanol–water partition coefficient (Wildman–Crippen LogP) is 1.94. The van der Waals surface area contributed by atoms with Gasteiger partial charge in [0.2, 0.25) is 0 Å². The number of hydrogen-bond donors (Lipinski definition) is 2. The molecule has 0 bridgehead atoms. The molecule has 1 atom stereocenters. The molecule has 1 aliphatic rings. The van der Waals surface area contributed by atoms with Gasteiger partial charge in [-0.15, -0.1) is 0 Å². The highest BCUT2D eigenvalue weighted by atomic mass is 16.3. The number of rotatable bonds is 4. The number of para-hydroxylation sites is 1. The molecule has 1 saturated heterocycles. The van der Waals surface area contributed by atoms with Crippen molar-refractivity contribution in [3.8, 4) is 0 Å². The summed E-state index contributed by atoms with van der Waals surface area (Å²) in [6.07, 6.45) is 1.98. The monoisotopic (exact) mass is 272 g/mol. The Morgan fingerprint density at radius 1 is 1.25 bits per heavy atom. The third-order valence-corrected chi connectivity index (χ3v) is 4.07. The van der Waals surface area contributed by atoms with Crippen molar-refractivity contribution >= 4 is 16.6 Å². The van der Waals surface area contributed by atoms with Gasteiger partial charge in [-0.05, 0) is 30.9 Å². The van der Waals surface area contributed by atoms with Crippen LogP contribution in [-0.4, -0.2) is 34.9 Å². The summed E-state index contributed by atoms with van der Waals surface area (Å²) in [4.78, 5) is 6.82. The van der Waals surface area contributed by atoms with Crippen molar-refractivity contribution in [3.05, 3.63) is 36.0 Å². The molecule has 0 amide bonds. The highest BCUT2D eigenvalue weighted by Gasteiger charge is 2.23. The molecule has 2 aromatic rings. The van der Waals surface area contributed by atoms with Crippen LogP contribution in [0.25, 0.3) is 10.9 Å². The molecule has 0 aliphatic carbocycles. The molecule has 1 fully saturated rings. The van der Waals surface area contributed by atoms with Gasteiger partial charge < -0.3 is 15.1 Å². The number of anilines is 1. The molecule has 4 heteroatoms. The summed E-state index contributed by atoms with van der Waals surface area (Å²) in [5.74, 6) is 0.560. The Labute approximate surface area is 118 Å². The highest BCUT2D eigenvalue weighted by Crippen LogP contribution is 2.31. The van der Waals surface area contributed by atoms with Crippen molar-refractivity contribution in [2.45, 2.75) is 19.4 Å². The maximum absolute atomic E-state index is 9.39. The molecular formula is C16H20N2O2. The number of hydrogen-bond acceptors (Lipinski definition) is 4. The van der Waals surface area contributed by atoms with E-state index in [0.29, 0.717) is 11.6 Å². The SMILES string of the molecule is OCCC1CCN(c2cc(CO)nc3ccccc23)C1. The van der Waals surface area contributed by atoms with Crippen molar-refractivity contribution < 1.29 is 10.2 Å². The minimum atomic E-state index is -0.0360. The summed E-state index contributed by atoms with van der Waals surface area (Å²) >= 11 is 0. The van der Waals surface area contributed by atoms with E-state index in [0.717, 1.165) is 42.5 Å². The predicted molar refractivity (Wildman–Crippen MR) is 79.7 cm³/mol. The van der Waals surface area contributed by atoms with E-state index in [9.17, 15) is 5.11 Å². The average Bonchev–Trinajstić information content (AvgIpc) is 2.95. The zero-order valence-corrected chi connectivity index (χ0v) is 11.5. The molecule has 4 nitrogen and oxygen atoms in total. The molecule has 1 aliphatic heterocycles. The van der Waals surface area contributed by atoms with Crippen LogP contribution in [-0.2, 0) is 6.61 Å². The van der Waals surface area contributed by atoms with Crippen molar-refractivity contribution in [1.29, 1.82) is 0 Å². The fraction of sp³-hybridized carbons (Fsp3) is 0.438. The Hall–Kier alpha value is -1.65. The second-order valence-corrected chi connectivity index (χ2v) is 5.42. The highest BCUT2D eigenvalue weighted by molar-refractivity contribution is 5.92. The van der Waals surface area contributed by atoms with Gasteiger partial charge in [-0.25, -0.2) is 0 Å². The molecule has 2 heterocycles. The molecule has 1 aromatic carbocycles. The van der Waals surface area contributed by atoms with Crippen molar-refractivity contribution in [1.82, 2.24) is 4.98 Å². The Morgan fingerprint density at radius 2 is 2.10 bits per heavy atom. The number of aliphatic hydroxyl groups excluding tert-OH is 2. The first-order valence-corrected chi connectivity index (χ1v) is 7.17. The number of aliphatic hydroxyl groups is 2. The van der Waals surface area contributed by atoms with Gasteiger partial charge in [-0.2, -0.15) is 0 Å². The van der Waals surface area contributed by atoms with Crippen LogP contribution in [0, 0.1) is 5.92 Å². The largest absolute Gasteiger partial charge is 0.396 e. The quantitative estimate of drug-likeness (QED) is 0.893. The molecule has 2 N–H and O–H groups in total. The van der Waals surface area contributed by atoms with Crippen LogP contribution in [0.15, 0.2) is 30.3 Å². The first-order chi connectivity index (χ1) is 9.81. The molecule has 0 spiro atoms. The van der Waals surface area contributed by atoms with Gasteiger partial charge in [0.05, 0.1) is 17.8 Å². The zero-order chi connectivity index (χ0) is 13.9. The number of benzene rings is 1. The minimum absolute atomic E-state index is 0.0360. The van der Waals surface area contributed by atoms with Gasteiger partial charge in [0.1, 0.15) is 0 Å². The lowest BCUT2D eigenvalue weighted by molar-refractivity contribution is 0.263. The molecule has 3 rings (SSSR count). The van der Waals surface area contributed by atoms with E-state index in [4.69, 9.17) is 5.11 Å². The smallest absolute Gasteiger partial charge is 0.0854 e. The second kappa shape index (κ2) is 5.77. The van der Waals surface area contributed by atoms with E-state index >= 15 is 0 Å². The molecule has 0 radical (unpaired) electrons. The van der Waals surface area contributed by atoms with Gasteiger partial charge in [-0.1, -0.05) is 18.2 Å². The summed E-state index contributed by atoms with van der Waals surface area (Å²) in [5, 5.41) is 19.6. The van der Waals surface area contributed by atoms with Crippen LogP contribution < -0.4 is 4.90 Å². The third kappa shape index (κ3) is 2.49. The first kappa shape index (κ1) is 13.3. The summed E-state index contributed by atoms with van der Waals surface area (Å²) in [6.45, 7) is 2.20. The van der Waals surface area contributed by atoms with E-state index in [-0.39, 0.29) is 13.2 Å². The van der Waals surface area contributed by atoms with Crippen LogP contribution in [0.1, 0.15) is 18.5 Å². The average molecular weight is 272 g/mol.